The number of hydrogen-bond acceptors (Lipinski definition) is 5. The monoisotopic (exact) mass is 396 g/mol. The summed E-state index contributed by atoms with van der Waals surface area (Å²) in [6, 6.07) is 10.3. The number of nitrogens with zero attached hydrogens (tertiary/aromatic N) is 1. The summed E-state index contributed by atoms with van der Waals surface area (Å²) in [5.74, 6) is 1.81. The van der Waals surface area contributed by atoms with Gasteiger partial charge in [-0.2, -0.15) is 0 Å². The van der Waals surface area contributed by atoms with Gasteiger partial charge in [-0.05, 0) is 30.9 Å². The van der Waals surface area contributed by atoms with Crippen LogP contribution in [0.4, 0.5) is 5.13 Å². The highest BCUT2D eigenvalue weighted by Gasteiger charge is 2.53. The van der Waals surface area contributed by atoms with E-state index in [-0.39, 0.29) is 17.7 Å². The fourth-order valence-electron chi connectivity index (χ4n) is 4.61. The minimum atomic E-state index is -0.592. The zero-order valence-electron chi connectivity index (χ0n) is 16.3. The Bertz CT molecular complexity index is 921. The van der Waals surface area contributed by atoms with E-state index in [1.165, 1.54) is 16.9 Å². The average Bonchev–Trinajstić information content (AvgIpc) is 3.32. The highest BCUT2D eigenvalue weighted by atomic mass is 32.1. The van der Waals surface area contributed by atoms with E-state index in [9.17, 15) is 4.79 Å². The van der Waals surface area contributed by atoms with E-state index >= 15 is 0 Å². The standard InChI is InChI=1S/C22H24N2O3S/c1-22(20(25)24-21-23-9-10-28-21)13-15-11-17(26-2)18(27-3)12-16(15)19(22)14-7-5-4-6-8-14/h4-10,12,15,19H,11,13H2,1-3H3,(H,23,24,25)/t15?,19-,22+/m1/s1. The first-order chi connectivity index (χ1) is 13.6. The number of aromatic nitrogens is 1. The summed E-state index contributed by atoms with van der Waals surface area (Å²) in [6.07, 6.45) is 5.27. The van der Waals surface area contributed by atoms with Crippen LogP contribution < -0.4 is 5.32 Å². The quantitative estimate of drug-likeness (QED) is 0.794. The second-order valence-corrected chi connectivity index (χ2v) is 8.39. The van der Waals surface area contributed by atoms with Crippen molar-refractivity contribution < 1.29 is 14.3 Å². The van der Waals surface area contributed by atoms with E-state index < -0.39 is 5.41 Å². The number of anilines is 1. The third-order valence-corrected chi connectivity index (χ3v) is 6.58. The van der Waals surface area contributed by atoms with Crippen LogP contribution in [-0.2, 0) is 14.3 Å². The second kappa shape index (κ2) is 7.43. The van der Waals surface area contributed by atoms with Gasteiger partial charge in [-0.3, -0.25) is 4.79 Å². The number of carbonyl (C=O) groups is 1. The number of hydrogen-bond donors (Lipinski definition) is 1. The molecule has 2 aliphatic carbocycles. The molecule has 0 saturated heterocycles. The molecular weight excluding hydrogens is 372 g/mol. The second-order valence-electron chi connectivity index (χ2n) is 7.50. The van der Waals surface area contributed by atoms with Crippen molar-refractivity contribution in [3.05, 3.63) is 70.6 Å². The molecule has 2 aromatic rings. The van der Waals surface area contributed by atoms with Crippen LogP contribution in [0.5, 0.6) is 0 Å². The van der Waals surface area contributed by atoms with Crippen LogP contribution in [0.2, 0.25) is 0 Å². The first-order valence-corrected chi connectivity index (χ1v) is 10.2. The van der Waals surface area contributed by atoms with Gasteiger partial charge >= 0.3 is 0 Å². The van der Waals surface area contributed by atoms with Crippen LogP contribution in [0.25, 0.3) is 0 Å². The van der Waals surface area contributed by atoms with Crippen LogP contribution in [-0.4, -0.2) is 25.1 Å². The summed E-state index contributed by atoms with van der Waals surface area (Å²) >= 11 is 1.43. The van der Waals surface area contributed by atoms with Crippen LogP contribution in [0.3, 0.4) is 0 Å². The van der Waals surface area contributed by atoms with E-state index in [0.29, 0.717) is 5.13 Å². The number of ether oxygens (including phenoxy) is 2. The zero-order valence-corrected chi connectivity index (χ0v) is 17.1. The average molecular weight is 397 g/mol. The van der Waals surface area contributed by atoms with Gasteiger partial charge in [0.1, 0.15) is 5.76 Å². The summed E-state index contributed by atoms with van der Waals surface area (Å²) in [4.78, 5) is 17.6. The molecule has 0 spiro atoms. The Hall–Kier alpha value is -2.60. The molecule has 146 valence electrons. The largest absolute Gasteiger partial charge is 0.497 e. The third-order valence-electron chi connectivity index (χ3n) is 5.89. The Morgan fingerprint density at radius 2 is 2.04 bits per heavy atom. The molecule has 3 atom stereocenters. The first-order valence-electron chi connectivity index (χ1n) is 9.35. The van der Waals surface area contributed by atoms with Gasteiger partial charge in [0, 0.05) is 23.9 Å². The summed E-state index contributed by atoms with van der Waals surface area (Å²) in [5, 5.41) is 5.53. The molecule has 4 rings (SSSR count). The Kier molecular flexibility index (Phi) is 4.98. The molecule has 1 unspecified atom stereocenters. The first kappa shape index (κ1) is 18.7. The third kappa shape index (κ3) is 3.11. The molecule has 5 nitrogen and oxygen atoms in total. The van der Waals surface area contributed by atoms with E-state index in [1.807, 2.05) is 23.6 Å². The van der Waals surface area contributed by atoms with Crippen molar-refractivity contribution in [3.63, 3.8) is 0 Å². The van der Waals surface area contributed by atoms with Crippen LogP contribution >= 0.6 is 11.3 Å². The summed E-state index contributed by atoms with van der Waals surface area (Å²) in [5.41, 5.74) is 1.79. The van der Waals surface area contributed by atoms with Gasteiger partial charge in [-0.15, -0.1) is 11.3 Å². The molecule has 1 aromatic heterocycles. The predicted molar refractivity (Wildman–Crippen MR) is 110 cm³/mol. The van der Waals surface area contributed by atoms with E-state index in [0.717, 1.165) is 29.9 Å². The summed E-state index contributed by atoms with van der Waals surface area (Å²) in [7, 11) is 3.33. The van der Waals surface area contributed by atoms with Crippen molar-refractivity contribution in [1.82, 2.24) is 4.98 Å². The maximum Gasteiger partial charge on any atom is 0.233 e. The van der Waals surface area contributed by atoms with Crippen molar-refractivity contribution in [2.45, 2.75) is 25.7 Å². The molecule has 0 bridgehead atoms. The SMILES string of the molecule is COC1=C(OC)CC2C[C@](C)(C(=O)Nc3nccs3)[C@H](c3ccccc3)C2=C1. The molecule has 0 radical (unpaired) electrons. The minimum absolute atomic E-state index is 0.00420. The van der Waals surface area contributed by atoms with Crippen molar-refractivity contribution in [2.24, 2.45) is 11.3 Å². The highest BCUT2D eigenvalue weighted by molar-refractivity contribution is 7.13. The lowest BCUT2D eigenvalue weighted by Gasteiger charge is -2.31. The van der Waals surface area contributed by atoms with Crippen molar-refractivity contribution in [1.29, 1.82) is 0 Å². The lowest BCUT2D eigenvalue weighted by atomic mass is 9.74. The molecule has 2 aliphatic rings. The van der Waals surface area contributed by atoms with Gasteiger partial charge in [0.25, 0.3) is 0 Å². The van der Waals surface area contributed by atoms with Gasteiger partial charge in [0.15, 0.2) is 10.9 Å². The van der Waals surface area contributed by atoms with E-state index in [1.54, 1.807) is 20.4 Å². The Labute approximate surface area is 169 Å². The molecule has 0 aliphatic heterocycles. The molecule has 6 heteroatoms. The zero-order chi connectivity index (χ0) is 19.7. The van der Waals surface area contributed by atoms with Gasteiger partial charge in [0.2, 0.25) is 5.91 Å². The molecule has 28 heavy (non-hydrogen) atoms. The number of allylic oxidation sites excluding steroid dienone is 3. The van der Waals surface area contributed by atoms with Crippen LogP contribution in [0, 0.1) is 11.3 Å². The fourth-order valence-corrected chi connectivity index (χ4v) is 5.13. The van der Waals surface area contributed by atoms with E-state index in [4.69, 9.17) is 9.47 Å². The summed E-state index contributed by atoms with van der Waals surface area (Å²) < 4.78 is 11.1. The summed E-state index contributed by atoms with van der Waals surface area (Å²) in [6.45, 7) is 2.06. The maximum absolute atomic E-state index is 13.4. The molecule has 1 N–H and O–H groups in total. The molecule has 1 heterocycles. The number of benzene rings is 1. The van der Waals surface area contributed by atoms with Gasteiger partial charge in [-0.25, -0.2) is 4.98 Å². The van der Waals surface area contributed by atoms with E-state index in [2.05, 4.69) is 35.4 Å². The number of amides is 1. The topological polar surface area (TPSA) is 60.5 Å². The van der Waals surface area contributed by atoms with Crippen molar-refractivity contribution in [2.75, 3.05) is 19.5 Å². The fraction of sp³-hybridized carbons (Fsp3) is 0.364. The number of rotatable bonds is 5. The van der Waals surface area contributed by atoms with Gasteiger partial charge < -0.3 is 14.8 Å². The highest BCUT2D eigenvalue weighted by Crippen LogP contribution is 2.58. The van der Waals surface area contributed by atoms with Crippen molar-refractivity contribution >= 4 is 22.4 Å². The lowest BCUT2D eigenvalue weighted by molar-refractivity contribution is -0.125. The van der Waals surface area contributed by atoms with Crippen LogP contribution in [0.1, 0.15) is 31.2 Å². The van der Waals surface area contributed by atoms with Crippen LogP contribution in [0.15, 0.2) is 65.1 Å². The van der Waals surface area contributed by atoms with Gasteiger partial charge in [0.05, 0.1) is 19.6 Å². The predicted octanol–water partition coefficient (Wildman–Crippen LogP) is 4.73. The number of methoxy groups -OCH3 is 2. The molecule has 1 amide bonds. The van der Waals surface area contributed by atoms with Crippen molar-refractivity contribution in [3.8, 4) is 0 Å². The smallest absolute Gasteiger partial charge is 0.233 e. The number of thiazole rings is 1. The minimum Gasteiger partial charge on any atom is -0.497 e. The van der Waals surface area contributed by atoms with Gasteiger partial charge in [-0.1, -0.05) is 35.9 Å². The molecule has 1 fully saturated rings. The normalized spacial score (nSPS) is 26.5. The Morgan fingerprint density at radius 3 is 2.68 bits per heavy atom. The number of nitrogens with one attached hydrogen (secondary N) is 1. The molecular formula is C22H24N2O3S. The molecule has 1 aromatic carbocycles. The number of fused-ring (bicyclic) bond motifs is 1. The Balaban J connectivity index is 1.77. The lowest BCUT2D eigenvalue weighted by Crippen LogP contribution is -2.36. The Morgan fingerprint density at radius 1 is 1.25 bits per heavy atom. The number of carbonyl (C=O) groups excluding carboxylic acids is 1. The molecule has 1 saturated carbocycles. The maximum atomic E-state index is 13.4.